The number of H-pyrrole nitrogens is 1. The summed E-state index contributed by atoms with van der Waals surface area (Å²) in [5.41, 5.74) is 8.62. The molecule has 62 valence electrons. The molecule has 0 saturated carbocycles. The average Bonchev–Trinajstić information content (AvgIpc) is 2.42. The monoisotopic (exact) mass is 180 g/mol. The summed E-state index contributed by atoms with van der Waals surface area (Å²) < 4.78 is 0. The lowest BCUT2D eigenvalue weighted by Crippen LogP contribution is -1.82. The van der Waals surface area contributed by atoms with Crippen LogP contribution in [-0.2, 0) is 0 Å². The van der Waals surface area contributed by atoms with Gasteiger partial charge in [0.2, 0.25) is 0 Å². The van der Waals surface area contributed by atoms with Crippen molar-refractivity contribution in [1.82, 2.24) is 4.98 Å². The van der Waals surface area contributed by atoms with Crippen molar-refractivity contribution in [2.45, 2.75) is 6.92 Å². The maximum absolute atomic E-state index is 5.98. The molecular formula is C9H9ClN2. The van der Waals surface area contributed by atoms with E-state index in [4.69, 9.17) is 17.3 Å². The lowest BCUT2D eigenvalue weighted by molar-refractivity contribution is 1.42. The number of halogens is 1. The van der Waals surface area contributed by atoms with E-state index < -0.39 is 0 Å². The maximum atomic E-state index is 5.98. The first-order valence-corrected chi connectivity index (χ1v) is 4.09. The Kier molecular flexibility index (Phi) is 1.51. The number of fused-ring (bicyclic) bond motifs is 1. The average molecular weight is 181 g/mol. The van der Waals surface area contributed by atoms with Crippen LogP contribution >= 0.6 is 11.6 Å². The molecule has 1 aromatic carbocycles. The van der Waals surface area contributed by atoms with Crippen molar-refractivity contribution >= 4 is 28.2 Å². The number of anilines is 1. The van der Waals surface area contributed by atoms with Crippen molar-refractivity contribution < 1.29 is 0 Å². The number of nitrogens with two attached hydrogens (primary N) is 1. The topological polar surface area (TPSA) is 41.8 Å². The Hall–Kier alpha value is -1.15. The predicted octanol–water partition coefficient (Wildman–Crippen LogP) is 2.71. The summed E-state index contributed by atoms with van der Waals surface area (Å²) in [5, 5.41) is 1.63. The van der Waals surface area contributed by atoms with E-state index >= 15 is 0 Å². The molecule has 2 rings (SSSR count). The van der Waals surface area contributed by atoms with Crippen molar-refractivity contribution in [3.8, 4) is 0 Å². The van der Waals surface area contributed by atoms with Crippen molar-refractivity contribution in [3.05, 3.63) is 28.9 Å². The number of benzene rings is 1. The van der Waals surface area contributed by atoms with Crippen LogP contribution in [0, 0.1) is 6.92 Å². The molecule has 0 spiro atoms. The third-order valence-electron chi connectivity index (χ3n) is 2.02. The van der Waals surface area contributed by atoms with E-state index in [2.05, 4.69) is 4.98 Å². The van der Waals surface area contributed by atoms with Crippen LogP contribution in [0.5, 0.6) is 0 Å². The smallest absolute Gasteiger partial charge is 0.0587 e. The quantitative estimate of drug-likeness (QED) is 0.643. The Morgan fingerprint density at radius 3 is 2.83 bits per heavy atom. The molecule has 1 aromatic heterocycles. The molecule has 2 aromatic rings. The number of aromatic nitrogens is 1. The zero-order valence-electron chi connectivity index (χ0n) is 6.69. The normalized spacial score (nSPS) is 10.8. The molecule has 0 aliphatic carbocycles. The van der Waals surface area contributed by atoms with Crippen LogP contribution in [0.15, 0.2) is 18.3 Å². The van der Waals surface area contributed by atoms with E-state index in [0.717, 1.165) is 16.5 Å². The van der Waals surface area contributed by atoms with Crippen LogP contribution in [0.2, 0.25) is 5.02 Å². The molecule has 0 radical (unpaired) electrons. The molecule has 0 atom stereocenters. The second-order valence-electron chi connectivity index (χ2n) is 2.86. The van der Waals surface area contributed by atoms with Crippen LogP contribution < -0.4 is 5.73 Å². The van der Waals surface area contributed by atoms with Crippen molar-refractivity contribution in [2.75, 3.05) is 5.73 Å². The summed E-state index contributed by atoms with van der Waals surface area (Å²) in [6.45, 7) is 2.02. The number of hydrogen-bond acceptors (Lipinski definition) is 1. The van der Waals surface area contributed by atoms with Gasteiger partial charge >= 0.3 is 0 Å². The van der Waals surface area contributed by atoms with Gasteiger partial charge in [-0.15, -0.1) is 0 Å². The minimum Gasteiger partial charge on any atom is -0.397 e. The lowest BCUT2D eigenvalue weighted by Gasteiger charge is -1.98. The first kappa shape index (κ1) is 7.50. The summed E-state index contributed by atoms with van der Waals surface area (Å²) in [7, 11) is 0. The van der Waals surface area contributed by atoms with Crippen molar-refractivity contribution in [1.29, 1.82) is 0 Å². The molecule has 0 bridgehead atoms. The van der Waals surface area contributed by atoms with E-state index in [-0.39, 0.29) is 0 Å². The zero-order valence-corrected chi connectivity index (χ0v) is 7.44. The fraction of sp³-hybridized carbons (Fsp3) is 0.111. The maximum Gasteiger partial charge on any atom is 0.0587 e. The van der Waals surface area contributed by atoms with E-state index in [0.29, 0.717) is 10.7 Å². The summed E-state index contributed by atoms with van der Waals surface area (Å²) in [6.07, 6.45) is 1.77. The standard InChI is InChI=1S/C9H9ClN2/c1-5-2-3-6(10)8-7(11)4-12-9(5)8/h2-4,12H,11H2,1H3. The number of hydrogen-bond donors (Lipinski definition) is 2. The van der Waals surface area contributed by atoms with Gasteiger partial charge in [-0.2, -0.15) is 0 Å². The fourth-order valence-corrected chi connectivity index (χ4v) is 1.64. The molecule has 0 fully saturated rings. The number of nitrogen functional groups attached to an aromatic ring is 1. The van der Waals surface area contributed by atoms with Gasteiger partial charge in [-0.25, -0.2) is 0 Å². The molecule has 0 aliphatic heterocycles. The Labute approximate surface area is 75.3 Å². The van der Waals surface area contributed by atoms with Gasteiger partial charge < -0.3 is 10.7 Å². The SMILES string of the molecule is Cc1ccc(Cl)c2c(N)c[nH]c12. The van der Waals surface area contributed by atoms with Crippen LogP contribution in [0.1, 0.15) is 5.56 Å². The van der Waals surface area contributed by atoms with Gasteiger partial charge in [0.25, 0.3) is 0 Å². The molecule has 0 aliphatic rings. The van der Waals surface area contributed by atoms with E-state index in [1.165, 1.54) is 0 Å². The second kappa shape index (κ2) is 2.42. The molecule has 1 heterocycles. The second-order valence-corrected chi connectivity index (χ2v) is 3.27. The Morgan fingerprint density at radius 1 is 1.42 bits per heavy atom. The molecule has 0 unspecified atom stereocenters. The minimum absolute atomic E-state index is 0.703. The van der Waals surface area contributed by atoms with E-state index in [1.54, 1.807) is 6.20 Å². The van der Waals surface area contributed by atoms with Crippen LogP contribution in [-0.4, -0.2) is 4.98 Å². The predicted molar refractivity (Wildman–Crippen MR) is 52.5 cm³/mol. The van der Waals surface area contributed by atoms with Crippen LogP contribution in [0.3, 0.4) is 0 Å². The van der Waals surface area contributed by atoms with Crippen LogP contribution in [0.4, 0.5) is 5.69 Å². The summed E-state index contributed by atoms with van der Waals surface area (Å²) in [5.74, 6) is 0. The Bertz CT molecular complexity index is 431. The molecule has 0 amide bonds. The third-order valence-corrected chi connectivity index (χ3v) is 2.34. The Morgan fingerprint density at radius 2 is 2.17 bits per heavy atom. The van der Waals surface area contributed by atoms with Gasteiger partial charge in [-0.1, -0.05) is 17.7 Å². The molecule has 0 saturated heterocycles. The highest BCUT2D eigenvalue weighted by molar-refractivity contribution is 6.36. The molecule has 12 heavy (non-hydrogen) atoms. The summed E-state index contributed by atoms with van der Waals surface area (Å²) in [6, 6.07) is 3.84. The van der Waals surface area contributed by atoms with Gasteiger partial charge in [0.1, 0.15) is 0 Å². The van der Waals surface area contributed by atoms with Gasteiger partial charge in [-0.3, -0.25) is 0 Å². The number of nitrogens with one attached hydrogen (secondary N) is 1. The van der Waals surface area contributed by atoms with E-state index in [1.807, 2.05) is 19.1 Å². The summed E-state index contributed by atoms with van der Waals surface area (Å²) in [4.78, 5) is 3.09. The largest absolute Gasteiger partial charge is 0.397 e. The third kappa shape index (κ3) is 0.883. The molecular weight excluding hydrogens is 172 g/mol. The first-order valence-electron chi connectivity index (χ1n) is 3.72. The van der Waals surface area contributed by atoms with Gasteiger partial charge in [-0.05, 0) is 18.6 Å². The Balaban J connectivity index is 2.98. The van der Waals surface area contributed by atoms with Gasteiger partial charge in [0.15, 0.2) is 0 Å². The summed E-state index contributed by atoms with van der Waals surface area (Å²) >= 11 is 5.98. The molecule has 2 nitrogen and oxygen atoms in total. The van der Waals surface area contributed by atoms with Gasteiger partial charge in [0.05, 0.1) is 16.2 Å². The number of aryl methyl sites for hydroxylation is 1. The molecule has 3 heteroatoms. The highest BCUT2D eigenvalue weighted by atomic mass is 35.5. The minimum atomic E-state index is 0.703. The highest BCUT2D eigenvalue weighted by Crippen LogP contribution is 2.30. The van der Waals surface area contributed by atoms with E-state index in [9.17, 15) is 0 Å². The number of aromatic amines is 1. The zero-order chi connectivity index (χ0) is 8.72. The highest BCUT2D eigenvalue weighted by Gasteiger charge is 2.05. The van der Waals surface area contributed by atoms with Crippen LogP contribution in [0.25, 0.3) is 10.9 Å². The number of rotatable bonds is 0. The fourth-order valence-electron chi connectivity index (χ4n) is 1.37. The van der Waals surface area contributed by atoms with Crippen molar-refractivity contribution in [2.24, 2.45) is 0 Å². The van der Waals surface area contributed by atoms with Gasteiger partial charge in [0, 0.05) is 11.6 Å². The molecule has 3 N–H and O–H groups in total. The van der Waals surface area contributed by atoms with Crippen molar-refractivity contribution in [3.63, 3.8) is 0 Å². The lowest BCUT2D eigenvalue weighted by atomic mass is 10.1. The first-order chi connectivity index (χ1) is 5.70.